The molecule has 23 heavy (non-hydrogen) atoms. The van der Waals surface area contributed by atoms with E-state index < -0.39 is 10.0 Å². The van der Waals surface area contributed by atoms with E-state index in [1.54, 1.807) is 0 Å². The molecule has 0 spiro atoms. The van der Waals surface area contributed by atoms with Crippen molar-refractivity contribution in [3.05, 3.63) is 40.4 Å². The standard InChI is InChI=1S/C16H21ClN2O3S/c1-23(21,22)19-13-7-8-14(15(17)11-13)16(20)18-10-9-12-5-3-2-4-6-12/h5,7-8,11,19H,2-4,6,9-10H2,1H3,(H,18,20). The molecule has 5 nitrogen and oxygen atoms in total. The Morgan fingerprint density at radius 2 is 2.09 bits per heavy atom. The number of anilines is 1. The molecular formula is C16H21ClN2O3S. The maximum absolute atomic E-state index is 12.2. The largest absolute Gasteiger partial charge is 0.352 e. The molecule has 0 fully saturated rings. The lowest BCUT2D eigenvalue weighted by Gasteiger charge is -2.13. The minimum Gasteiger partial charge on any atom is -0.352 e. The highest BCUT2D eigenvalue weighted by molar-refractivity contribution is 7.92. The summed E-state index contributed by atoms with van der Waals surface area (Å²) in [5.74, 6) is -0.252. The predicted molar refractivity (Wildman–Crippen MR) is 93.4 cm³/mol. The van der Waals surface area contributed by atoms with Gasteiger partial charge in [0.25, 0.3) is 5.91 Å². The summed E-state index contributed by atoms with van der Waals surface area (Å²) in [6.45, 7) is 0.574. The Bertz CT molecular complexity index is 714. The molecule has 0 aliphatic heterocycles. The van der Waals surface area contributed by atoms with E-state index in [4.69, 9.17) is 11.6 Å². The number of rotatable bonds is 6. The second-order valence-corrected chi connectivity index (χ2v) is 7.84. The maximum Gasteiger partial charge on any atom is 0.252 e. The van der Waals surface area contributed by atoms with Gasteiger partial charge in [-0.3, -0.25) is 9.52 Å². The fourth-order valence-corrected chi connectivity index (χ4v) is 3.36. The molecule has 0 saturated carbocycles. The Labute approximate surface area is 142 Å². The van der Waals surface area contributed by atoms with Crippen LogP contribution in [0.4, 0.5) is 5.69 Å². The van der Waals surface area contributed by atoms with Crippen LogP contribution in [0.3, 0.4) is 0 Å². The zero-order valence-corrected chi connectivity index (χ0v) is 14.6. The van der Waals surface area contributed by atoms with Gasteiger partial charge < -0.3 is 5.32 Å². The van der Waals surface area contributed by atoms with Crippen molar-refractivity contribution in [2.24, 2.45) is 0 Å². The van der Waals surface area contributed by atoms with Crippen LogP contribution in [0.2, 0.25) is 5.02 Å². The zero-order chi connectivity index (χ0) is 16.9. The minimum absolute atomic E-state index is 0.216. The van der Waals surface area contributed by atoms with Crippen LogP contribution < -0.4 is 10.0 Å². The highest BCUT2D eigenvalue weighted by Crippen LogP contribution is 2.22. The number of benzene rings is 1. The molecule has 0 saturated heterocycles. The summed E-state index contributed by atoms with van der Waals surface area (Å²) < 4.78 is 24.7. The van der Waals surface area contributed by atoms with E-state index in [0.717, 1.165) is 25.5 Å². The molecule has 0 unspecified atom stereocenters. The summed E-state index contributed by atoms with van der Waals surface area (Å²) in [5, 5.41) is 3.07. The van der Waals surface area contributed by atoms with Gasteiger partial charge in [-0.25, -0.2) is 8.42 Å². The van der Waals surface area contributed by atoms with Crippen molar-refractivity contribution in [1.29, 1.82) is 0 Å². The molecular weight excluding hydrogens is 336 g/mol. The number of hydrogen-bond donors (Lipinski definition) is 2. The molecule has 0 radical (unpaired) electrons. The van der Waals surface area contributed by atoms with Gasteiger partial charge in [-0.15, -0.1) is 0 Å². The van der Waals surface area contributed by atoms with Crippen molar-refractivity contribution in [2.45, 2.75) is 32.1 Å². The average molecular weight is 357 g/mol. The number of carbonyl (C=O) groups excluding carboxylic acids is 1. The third-order valence-corrected chi connectivity index (χ3v) is 4.55. The molecule has 1 amide bonds. The summed E-state index contributed by atoms with van der Waals surface area (Å²) in [4.78, 5) is 12.2. The van der Waals surface area contributed by atoms with Crippen molar-refractivity contribution in [3.8, 4) is 0 Å². The second kappa shape index (κ2) is 7.84. The molecule has 1 aliphatic carbocycles. The molecule has 1 aromatic rings. The van der Waals surface area contributed by atoms with Gasteiger partial charge in [-0.1, -0.05) is 23.3 Å². The number of sulfonamides is 1. The summed E-state index contributed by atoms with van der Waals surface area (Å²) in [7, 11) is -3.37. The Morgan fingerprint density at radius 3 is 2.70 bits per heavy atom. The van der Waals surface area contributed by atoms with Gasteiger partial charge in [0.2, 0.25) is 10.0 Å². The van der Waals surface area contributed by atoms with Crippen LogP contribution >= 0.6 is 11.6 Å². The minimum atomic E-state index is -3.37. The highest BCUT2D eigenvalue weighted by Gasteiger charge is 2.12. The van der Waals surface area contributed by atoms with E-state index in [0.29, 0.717) is 17.8 Å². The lowest BCUT2D eigenvalue weighted by Crippen LogP contribution is -2.25. The number of allylic oxidation sites excluding steroid dienone is 1. The number of amides is 1. The number of nitrogens with one attached hydrogen (secondary N) is 2. The monoisotopic (exact) mass is 356 g/mol. The molecule has 2 N–H and O–H groups in total. The molecule has 0 aromatic heterocycles. The molecule has 126 valence electrons. The lowest BCUT2D eigenvalue weighted by atomic mass is 9.97. The van der Waals surface area contributed by atoms with Gasteiger partial charge in [-0.05, 0) is 50.3 Å². The third-order valence-electron chi connectivity index (χ3n) is 3.63. The fourth-order valence-electron chi connectivity index (χ4n) is 2.54. The first-order chi connectivity index (χ1) is 10.8. The van der Waals surface area contributed by atoms with E-state index in [2.05, 4.69) is 16.1 Å². The molecule has 0 bridgehead atoms. The normalized spacial score (nSPS) is 15.0. The van der Waals surface area contributed by atoms with Crippen LogP contribution in [-0.4, -0.2) is 27.1 Å². The van der Waals surface area contributed by atoms with Crippen LogP contribution in [0.25, 0.3) is 0 Å². The van der Waals surface area contributed by atoms with E-state index in [-0.39, 0.29) is 10.9 Å². The SMILES string of the molecule is CS(=O)(=O)Nc1ccc(C(=O)NCCC2=CCCCC2)c(Cl)c1. The topological polar surface area (TPSA) is 75.3 Å². The van der Waals surface area contributed by atoms with Crippen LogP contribution in [0.15, 0.2) is 29.8 Å². The zero-order valence-electron chi connectivity index (χ0n) is 13.1. The van der Waals surface area contributed by atoms with E-state index in [1.807, 2.05) is 0 Å². The van der Waals surface area contributed by atoms with Crippen LogP contribution in [0, 0.1) is 0 Å². The Balaban J connectivity index is 1.92. The van der Waals surface area contributed by atoms with E-state index in [9.17, 15) is 13.2 Å². The van der Waals surface area contributed by atoms with Gasteiger partial charge in [0.15, 0.2) is 0 Å². The van der Waals surface area contributed by atoms with E-state index in [1.165, 1.54) is 36.6 Å². The van der Waals surface area contributed by atoms with Crippen molar-refractivity contribution in [3.63, 3.8) is 0 Å². The Kier molecular flexibility index (Phi) is 6.07. The van der Waals surface area contributed by atoms with Crippen LogP contribution in [-0.2, 0) is 10.0 Å². The predicted octanol–water partition coefficient (Wildman–Crippen LogP) is 3.33. The quantitative estimate of drug-likeness (QED) is 0.767. The first-order valence-electron chi connectivity index (χ1n) is 7.58. The Hall–Kier alpha value is -1.53. The Morgan fingerprint density at radius 1 is 1.30 bits per heavy atom. The summed E-state index contributed by atoms with van der Waals surface area (Å²) in [5.41, 5.74) is 2.07. The van der Waals surface area contributed by atoms with Crippen molar-refractivity contribution in [1.82, 2.24) is 5.32 Å². The van der Waals surface area contributed by atoms with Gasteiger partial charge in [0.05, 0.1) is 16.8 Å². The van der Waals surface area contributed by atoms with Crippen molar-refractivity contribution < 1.29 is 13.2 Å². The van der Waals surface area contributed by atoms with Crippen LogP contribution in [0.1, 0.15) is 42.5 Å². The highest BCUT2D eigenvalue weighted by atomic mass is 35.5. The summed E-state index contributed by atoms with van der Waals surface area (Å²) in [6, 6.07) is 4.47. The summed E-state index contributed by atoms with van der Waals surface area (Å²) in [6.07, 6.45) is 8.89. The first kappa shape index (κ1) is 17.8. The lowest BCUT2D eigenvalue weighted by molar-refractivity contribution is 0.0954. The molecule has 0 heterocycles. The smallest absolute Gasteiger partial charge is 0.252 e. The maximum atomic E-state index is 12.2. The van der Waals surface area contributed by atoms with Crippen LogP contribution in [0.5, 0.6) is 0 Å². The fraction of sp³-hybridized carbons (Fsp3) is 0.438. The number of hydrogen-bond acceptors (Lipinski definition) is 3. The van der Waals surface area contributed by atoms with Gasteiger partial charge >= 0.3 is 0 Å². The third kappa shape index (κ3) is 5.88. The first-order valence-corrected chi connectivity index (χ1v) is 9.85. The summed E-state index contributed by atoms with van der Waals surface area (Å²) >= 11 is 6.07. The molecule has 1 aromatic carbocycles. The van der Waals surface area contributed by atoms with Crippen molar-refractivity contribution in [2.75, 3.05) is 17.5 Å². The average Bonchev–Trinajstić information content (AvgIpc) is 2.46. The molecule has 2 rings (SSSR count). The van der Waals surface area contributed by atoms with Crippen molar-refractivity contribution >= 4 is 33.2 Å². The second-order valence-electron chi connectivity index (χ2n) is 5.68. The molecule has 0 atom stereocenters. The number of carbonyl (C=O) groups is 1. The van der Waals surface area contributed by atoms with Gasteiger partial charge in [0, 0.05) is 12.2 Å². The van der Waals surface area contributed by atoms with E-state index >= 15 is 0 Å². The van der Waals surface area contributed by atoms with Gasteiger partial charge in [0.1, 0.15) is 0 Å². The van der Waals surface area contributed by atoms with Gasteiger partial charge in [-0.2, -0.15) is 0 Å². The molecule has 1 aliphatic rings. The molecule has 7 heteroatoms. The number of halogens is 1.